The summed E-state index contributed by atoms with van der Waals surface area (Å²) < 4.78 is 0. The number of aliphatic hydroxyl groups excluding tert-OH is 2. The van der Waals surface area contributed by atoms with Gasteiger partial charge >= 0.3 is 5.97 Å². The number of carbonyl (C=O) groups is 2. The fourth-order valence-electron chi connectivity index (χ4n) is 1.21. The predicted octanol–water partition coefficient (Wildman–Crippen LogP) is -2.15. The summed E-state index contributed by atoms with van der Waals surface area (Å²) in [7, 11) is 0. The second-order valence-corrected chi connectivity index (χ2v) is 3.48. The Morgan fingerprint density at radius 3 is 2.74 bits per heavy atom. The molecule has 0 aliphatic carbocycles. The lowest BCUT2D eigenvalue weighted by Gasteiger charge is -2.16. The summed E-state index contributed by atoms with van der Waals surface area (Å²) in [6.45, 7) is -0.308. The number of nitrogen functional groups attached to an aromatic ring is 1. The molecule has 1 rings (SSSR count). The van der Waals surface area contributed by atoms with Crippen molar-refractivity contribution in [1.82, 2.24) is 9.97 Å². The van der Waals surface area contributed by atoms with Crippen molar-refractivity contribution < 1.29 is 24.9 Å². The fraction of sp³-hybridized carbons (Fsp3) is 0.333. The second-order valence-electron chi connectivity index (χ2n) is 3.48. The van der Waals surface area contributed by atoms with Gasteiger partial charge in [0.1, 0.15) is 18.1 Å². The van der Waals surface area contributed by atoms with Crippen LogP contribution in [0.1, 0.15) is 0 Å². The van der Waals surface area contributed by atoms with Gasteiger partial charge < -0.3 is 31.7 Å². The van der Waals surface area contributed by atoms with E-state index < -0.39 is 18.2 Å². The molecule has 2 atom stereocenters. The molecule has 10 heteroatoms. The molecule has 104 valence electrons. The fourth-order valence-corrected chi connectivity index (χ4v) is 1.21. The highest BCUT2D eigenvalue weighted by molar-refractivity contribution is 5.85. The van der Waals surface area contributed by atoms with E-state index in [-0.39, 0.29) is 23.9 Å². The minimum Gasteiger partial charge on any atom is -0.479 e. The lowest BCUT2D eigenvalue weighted by atomic mass is 10.2. The molecule has 7 N–H and O–H groups in total. The Kier molecular flexibility index (Phi) is 4.97. The molecule has 0 saturated heterocycles. The first-order valence-electron chi connectivity index (χ1n) is 5.10. The number of carboxylic acid groups (broad SMARTS) is 1. The van der Waals surface area contributed by atoms with Crippen molar-refractivity contribution in [3.8, 4) is 0 Å². The van der Waals surface area contributed by atoms with E-state index in [2.05, 4.69) is 20.6 Å². The average molecular weight is 271 g/mol. The first-order chi connectivity index (χ1) is 8.97. The van der Waals surface area contributed by atoms with Gasteiger partial charge in [-0.1, -0.05) is 0 Å². The number of amides is 1. The van der Waals surface area contributed by atoms with Crippen LogP contribution in [-0.2, 0) is 9.59 Å². The largest absolute Gasteiger partial charge is 0.479 e. The zero-order valence-electron chi connectivity index (χ0n) is 9.65. The lowest BCUT2D eigenvalue weighted by Crippen LogP contribution is -2.38. The van der Waals surface area contributed by atoms with E-state index in [4.69, 9.17) is 15.9 Å². The highest BCUT2D eigenvalue weighted by atomic mass is 16.4. The van der Waals surface area contributed by atoms with Crippen LogP contribution in [0.5, 0.6) is 0 Å². The topological polar surface area (TPSA) is 171 Å². The Morgan fingerprint density at radius 2 is 2.16 bits per heavy atom. The third kappa shape index (κ3) is 3.76. The molecule has 0 saturated carbocycles. The SMILES string of the molecule is Nc1ncnc(NC[C@@H](O)[C@@H](O)C(=O)O)c1NC=O. The molecule has 1 amide bonds. The molecule has 19 heavy (non-hydrogen) atoms. The Bertz CT molecular complexity index is 468. The van der Waals surface area contributed by atoms with E-state index in [1.165, 1.54) is 0 Å². The Hall–Kier alpha value is -2.46. The van der Waals surface area contributed by atoms with E-state index in [0.29, 0.717) is 6.41 Å². The van der Waals surface area contributed by atoms with E-state index in [0.717, 1.165) is 6.33 Å². The van der Waals surface area contributed by atoms with Gasteiger partial charge in [0.25, 0.3) is 0 Å². The van der Waals surface area contributed by atoms with Gasteiger partial charge in [-0.25, -0.2) is 14.8 Å². The van der Waals surface area contributed by atoms with E-state index >= 15 is 0 Å². The van der Waals surface area contributed by atoms with Crippen molar-refractivity contribution in [3.63, 3.8) is 0 Å². The molecule has 10 nitrogen and oxygen atoms in total. The number of carbonyl (C=O) groups excluding carboxylic acids is 1. The zero-order chi connectivity index (χ0) is 14.4. The standard InChI is InChI=1S/C9H13N5O5/c10-7-5(14-3-15)8(13-2-12-7)11-1-4(16)6(17)9(18)19/h2-4,6,16-17H,1H2,(H,14,15)(H,18,19)(H3,10,11,12,13)/t4-,6-/m1/s1. The highest BCUT2D eigenvalue weighted by Gasteiger charge is 2.23. The molecule has 1 aromatic heterocycles. The van der Waals surface area contributed by atoms with Crippen molar-refractivity contribution in [2.45, 2.75) is 12.2 Å². The van der Waals surface area contributed by atoms with Crippen LogP contribution >= 0.6 is 0 Å². The smallest absolute Gasteiger partial charge is 0.335 e. The van der Waals surface area contributed by atoms with Crippen LogP contribution in [-0.4, -0.2) is 56.4 Å². The summed E-state index contributed by atoms with van der Waals surface area (Å²) in [5, 5.41) is 31.8. The van der Waals surface area contributed by atoms with Crippen molar-refractivity contribution in [1.29, 1.82) is 0 Å². The number of carboxylic acids is 1. The van der Waals surface area contributed by atoms with Crippen LogP contribution in [0, 0.1) is 0 Å². The number of hydrogen-bond acceptors (Lipinski definition) is 8. The first-order valence-corrected chi connectivity index (χ1v) is 5.10. The van der Waals surface area contributed by atoms with Crippen molar-refractivity contribution in [3.05, 3.63) is 6.33 Å². The van der Waals surface area contributed by atoms with Gasteiger partial charge in [-0.3, -0.25) is 4.79 Å². The molecule has 0 aliphatic rings. The van der Waals surface area contributed by atoms with Gasteiger partial charge in [-0.2, -0.15) is 0 Å². The summed E-state index contributed by atoms with van der Waals surface area (Å²) in [6, 6.07) is 0. The molecule has 0 spiro atoms. The molecule has 0 aromatic carbocycles. The number of aliphatic hydroxyl groups is 2. The number of rotatable bonds is 7. The number of anilines is 3. The maximum Gasteiger partial charge on any atom is 0.335 e. The minimum absolute atomic E-state index is 0.00197. The van der Waals surface area contributed by atoms with Crippen LogP contribution < -0.4 is 16.4 Å². The summed E-state index contributed by atoms with van der Waals surface area (Å²) in [5.74, 6) is -1.46. The quantitative estimate of drug-likeness (QED) is 0.302. The molecule has 0 bridgehead atoms. The number of aliphatic carboxylic acids is 1. The highest BCUT2D eigenvalue weighted by Crippen LogP contribution is 2.22. The normalized spacial score (nSPS) is 13.4. The monoisotopic (exact) mass is 271 g/mol. The first kappa shape index (κ1) is 14.6. The summed E-state index contributed by atoms with van der Waals surface area (Å²) in [4.78, 5) is 28.2. The molecule has 1 aromatic rings. The maximum absolute atomic E-state index is 10.4. The number of nitrogens with zero attached hydrogens (tertiary/aromatic N) is 2. The molecule has 0 radical (unpaired) electrons. The average Bonchev–Trinajstić information content (AvgIpc) is 2.38. The van der Waals surface area contributed by atoms with Gasteiger partial charge in [-0.15, -0.1) is 0 Å². The number of hydrogen-bond donors (Lipinski definition) is 6. The van der Waals surface area contributed by atoms with E-state index in [9.17, 15) is 14.7 Å². The van der Waals surface area contributed by atoms with E-state index in [1.807, 2.05) is 0 Å². The van der Waals surface area contributed by atoms with Crippen LogP contribution in [0.25, 0.3) is 0 Å². The number of nitrogens with two attached hydrogens (primary N) is 1. The van der Waals surface area contributed by atoms with E-state index in [1.54, 1.807) is 0 Å². The van der Waals surface area contributed by atoms with Crippen LogP contribution in [0.2, 0.25) is 0 Å². The van der Waals surface area contributed by atoms with Gasteiger partial charge in [0.2, 0.25) is 6.41 Å². The Morgan fingerprint density at radius 1 is 1.47 bits per heavy atom. The van der Waals surface area contributed by atoms with Gasteiger partial charge in [-0.05, 0) is 0 Å². The van der Waals surface area contributed by atoms with Crippen molar-refractivity contribution in [2.24, 2.45) is 0 Å². The van der Waals surface area contributed by atoms with Gasteiger partial charge in [0.05, 0.1) is 0 Å². The molecular weight excluding hydrogens is 258 g/mol. The summed E-state index contributed by atoms with van der Waals surface area (Å²) in [6.07, 6.45) is -2.01. The Balaban J connectivity index is 2.75. The number of aromatic nitrogens is 2. The molecule has 0 aliphatic heterocycles. The maximum atomic E-state index is 10.4. The second kappa shape index (κ2) is 6.47. The van der Waals surface area contributed by atoms with Gasteiger partial charge in [0.15, 0.2) is 17.7 Å². The summed E-state index contributed by atoms with van der Waals surface area (Å²) >= 11 is 0. The zero-order valence-corrected chi connectivity index (χ0v) is 9.65. The minimum atomic E-state index is -1.94. The van der Waals surface area contributed by atoms with Crippen molar-refractivity contribution >= 4 is 29.7 Å². The van der Waals surface area contributed by atoms with Gasteiger partial charge in [0, 0.05) is 6.54 Å². The molecule has 1 heterocycles. The lowest BCUT2D eigenvalue weighted by molar-refractivity contribution is -0.152. The molecule has 0 fully saturated rings. The van der Waals surface area contributed by atoms with Crippen LogP contribution in [0.4, 0.5) is 17.3 Å². The predicted molar refractivity (Wildman–Crippen MR) is 64.3 cm³/mol. The van der Waals surface area contributed by atoms with Crippen molar-refractivity contribution in [2.75, 3.05) is 22.9 Å². The van der Waals surface area contributed by atoms with Crippen LogP contribution in [0.15, 0.2) is 6.33 Å². The number of nitrogens with one attached hydrogen (secondary N) is 2. The van der Waals surface area contributed by atoms with Crippen LogP contribution in [0.3, 0.4) is 0 Å². The Labute approximate surface area is 107 Å². The molecule has 0 unspecified atom stereocenters. The third-order valence-electron chi connectivity index (χ3n) is 2.18. The third-order valence-corrected chi connectivity index (χ3v) is 2.18. The molecular formula is C9H13N5O5. The summed E-state index contributed by atoms with van der Waals surface area (Å²) in [5.41, 5.74) is 5.60.